The molecule has 0 bridgehead atoms. The van der Waals surface area contributed by atoms with Crippen LogP contribution in [0, 0.1) is 0 Å². The van der Waals surface area contributed by atoms with Crippen molar-refractivity contribution in [3.63, 3.8) is 0 Å². The SMILES string of the molecule is C=C1CC(O)(C(F)F)N(C(=O)c2cc(Cl)ccc2O)N1. The Hall–Kier alpha value is -1.86. The first-order chi connectivity index (χ1) is 9.25. The lowest BCUT2D eigenvalue weighted by Crippen LogP contribution is -2.55. The van der Waals surface area contributed by atoms with E-state index in [-0.39, 0.29) is 16.3 Å². The average molecular weight is 305 g/mol. The number of hydrogen-bond donors (Lipinski definition) is 3. The molecule has 5 nitrogen and oxygen atoms in total. The number of carbonyl (C=O) groups excluding carboxylic acids is 1. The maximum Gasteiger partial charge on any atom is 0.287 e. The van der Waals surface area contributed by atoms with Crippen LogP contribution in [-0.4, -0.2) is 33.3 Å². The molecule has 1 aromatic rings. The van der Waals surface area contributed by atoms with Gasteiger partial charge in [-0.15, -0.1) is 0 Å². The van der Waals surface area contributed by atoms with Crippen molar-refractivity contribution in [2.75, 3.05) is 0 Å². The van der Waals surface area contributed by atoms with Gasteiger partial charge in [0.1, 0.15) is 5.75 Å². The second-order valence-electron chi connectivity index (χ2n) is 4.37. The Morgan fingerprint density at radius 2 is 2.20 bits per heavy atom. The first kappa shape index (κ1) is 14.5. The summed E-state index contributed by atoms with van der Waals surface area (Å²) in [6, 6.07) is 3.61. The van der Waals surface area contributed by atoms with Crippen molar-refractivity contribution in [1.29, 1.82) is 0 Å². The number of amides is 1. The molecule has 108 valence electrons. The van der Waals surface area contributed by atoms with Gasteiger partial charge < -0.3 is 10.2 Å². The van der Waals surface area contributed by atoms with Crippen LogP contribution in [0.15, 0.2) is 30.5 Å². The largest absolute Gasteiger partial charge is 0.507 e. The molecule has 0 aromatic heterocycles. The highest BCUT2D eigenvalue weighted by Crippen LogP contribution is 2.34. The molecule has 1 heterocycles. The van der Waals surface area contributed by atoms with Gasteiger partial charge in [-0.1, -0.05) is 18.2 Å². The van der Waals surface area contributed by atoms with Crippen LogP contribution in [0.2, 0.25) is 5.02 Å². The molecule has 1 amide bonds. The Morgan fingerprint density at radius 1 is 1.55 bits per heavy atom. The Balaban J connectivity index is 2.42. The third kappa shape index (κ3) is 2.30. The molecule has 1 atom stereocenters. The number of aromatic hydroxyl groups is 1. The van der Waals surface area contributed by atoms with Gasteiger partial charge in [-0.2, -0.15) is 0 Å². The van der Waals surface area contributed by atoms with Gasteiger partial charge in [-0.05, 0) is 18.2 Å². The molecule has 0 aliphatic carbocycles. The van der Waals surface area contributed by atoms with Gasteiger partial charge in [0.05, 0.1) is 5.56 Å². The number of nitrogens with one attached hydrogen (secondary N) is 1. The van der Waals surface area contributed by atoms with Gasteiger partial charge >= 0.3 is 0 Å². The van der Waals surface area contributed by atoms with Crippen LogP contribution in [0.4, 0.5) is 8.78 Å². The number of benzene rings is 1. The van der Waals surface area contributed by atoms with E-state index in [9.17, 15) is 23.8 Å². The molecular weight excluding hydrogens is 294 g/mol. The number of nitrogens with zero attached hydrogens (tertiary/aromatic N) is 1. The number of aliphatic hydroxyl groups is 1. The fourth-order valence-corrected chi connectivity index (χ4v) is 2.06. The van der Waals surface area contributed by atoms with Gasteiger partial charge in [0.15, 0.2) is 0 Å². The summed E-state index contributed by atoms with van der Waals surface area (Å²) in [4.78, 5) is 12.2. The number of hydrazine groups is 1. The molecule has 0 radical (unpaired) electrons. The molecule has 0 spiro atoms. The number of carbonyl (C=O) groups is 1. The van der Waals surface area contributed by atoms with Crippen molar-refractivity contribution in [2.45, 2.75) is 18.6 Å². The summed E-state index contributed by atoms with van der Waals surface area (Å²) in [6.07, 6.45) is -3.72. The molecule has 1 aromatic carbocycles. The molecule has 1 aliphatic heterocycles. The summed E-state index contributed by atoms with van der Waals surface area (Å²) in [5.74, 6) is -1.47. The second kappa shape index (κ2) is 4.92. The highest BCUT2D eigenvalue weighted by Gasteiger charge is 2.52. The van der Waals surface area contributed by atoms with Gasteiger partial charge in [0.2, 0.25) is 5.72 Å². The zero-order valence-corrected chi connectivity index (χ0v) is 10.9. The van der Waals surface area contributed by atoms with E-state index in [1.165, 1.54) is 6.07 Å². The Labute approximate surface area is 118 Å². The normalized spacial score (nSPS) is 22.2. The molecule has 20 heavy (non-hydrogen) atoms. The quantitative estimate of drug-likeness (QED) is 0.780. The molecule has 1 fully saturated rings. The summed E-state index contributed by atoms with van der Waals surface area (Å²) < 4.78 is 26.0. The first-order valence-electron chi connectivity index (χ1n) is 5.53. The van der Waals surface area contributed by atoms with Crippen molar-refractivity contribution in [2.24, 2.45) is 0 Å². The maximum absolute atomic E-state index is 13.0. The van der Waals surface area contributed by atoms with Crippen LogP contribution in [0.5, 0.6) is 5.75 Å². The molecule has 1 unspecified atom stereocenters. The van der Waals surface area contributed by atoms with Crippen LogP contribution in [0.3, 0.4) is 0 Å². The predicted molar refractivity (Wildman–Crippen MR) is 67.1 cm³/mol. The van der Waals surface area contributed by atoms with E-state index < -0.39 is 30.2 Å². The number of rotatable bonds is 2. The smallest absolute Gasteiger partial charge is 0.287 e. The molecule has 1 saturated heterocycles. The summed E-state index contributed by atoms with van der Waals surface area (Å²) in [5.41, 5.74) is -0.692. The van der Waals surface area contributed by atoms with Crippen LogP contribution in [0.1, 0.15) is 16.8 Å². The molecule has 8 heteroatoms. The fourth-order valence-electron chi connectivity index (χ4n) is 1.89. The Morgan fingerprint density at radius 3 is 2.80 bits per heavy atom. The van der Waals surface area contributed by atoms with Gasteiger partial charge in [-0.25, -0.2) is 13.8 Å². The summed E-state index contributed by atoms with van der Waals surface area (Å²) in [7, 11) is 0. The van der Waals surface area contributed by atoms with Crippen molar-refractivity contribution < 1.29 is 23.8 Å². The predicted octanol–water partition coefficient (Wildman–Crippen LogP) is 1.86. The second-order valence-corrected chi connectivity index (χ2v) is 4.81. The minimum absolute atomic E-state index is 0.0580. The lowest BCUT2D eigenvalue weighted by Gasteiger charge is -2.31. The lowest BCUT2D eigenvalue weighted by molar-refractivity contribution is -0.168. The van der Waals surface area contributed by atoms with Gasteiger partial charge in [0.25, 0.3) is 12.3 Å². The summed E-state index contributed by atoms with van der Waals surface area (Å²) in [5, 5.41) is 20.0. The van der Waals surface area contributed by atoms with Crippen LogP contribution in [-0.2, 0) is 0 Å². The Kier molecular flexibility index (Phi) is 3.58. The molecule has 2 rings (SSSR count). The number of alkyl halides is 2. The van der Waals surface area contributed by atoms with Gasteiger partial charge in [-0.3, -0.25) is 10.2 Å². The van der Waals surface area contributed by atoms with E-state index >= 15 is 0 Å². The summed E-state index contributed by atoms with van der Waals surface area (Å²) in [6.45, 7) is 3.41. The Bertz CT molecular complexity index is 582. The molecular formula is C12H11ClF2N2O3. The third-order valence-corrected chi connectivity index (χ3v) is 3.11. The topological polar surface area (TPSA) is 72.8 Å². The number of phenolic OH excluding ortho intramolecular Hbond substituents is 1. The molecule has 1 aliphatic rings. The summed E-state index contributed by atoms with van der Waals surface area (Å²) >= 11 is 5.70. The first-order valence-corrected chi connectivity index (χ1v) is 5.91. The zero-order chi connectivity index (χ0) is 15.1. The third-order valence-electron chi connectivity index (χ3n) is 2.87. The minimum atomic E-state index is -3.21. The van der Waals surface area contributed by atoms with Crippen LogP contribution < -0.4 is 5.43 Å². The van der Waals surface area contributed by atoms with Crippen molar-refractivity contribution in [3.05, 3.63) is 41.1 Å². The highest BCUT2D eigenvalue weighted by atomic mass is 35.5. The standard InChI is InChI=1S/C12H11ClF2N2O3/c1-6-5-12(20,11(14)15)17(16-6)10(19)8-4-7(13)2-3-9(8)18/h2-4,11,16,18,20H,1,5H2. The highest BCUT2D eigenvalue weighted by molar-refractivity contribution is 6.31. The van der Waals surface area contributed by atoms with E-state index in [2.05, 4.69) is 12.0 Å². The fraction of sp³-hybridized carbons (Fsp3) is 0.250. The zero-order valence-electron chi connectivity index (χ0n) is 10.1. The molecule has 0 saturated carbocycles. The average Bonchev–Trinajstić information content (AvgIpc) is 2.68. The van der Waals surface area contributed by atoms with E-state index in [1.807, 2.05) is 0 Å². The lowest BCUT2D eigenvalue weighted by atomic mass is 10.1. The number of halogens is 3. The number of phenols is 1. The molecule has 3 N–H and O–H groups in total. The van der Waals surface area contributed by atoms with Crippen molar-refractivity contribution >= 4 is 17.5 Å². The van der Waals surface area contributed by atoms with E-state index in [0.29, 0.717) is 5.01 Å². The van der Waals surface area contributed by atoms with Gasteiger partial charge in [0, 0.05) is 17.1 Å². The minimum Gasteiger partial charge on any atom is -0.507 e. The van der Waals surface area contributed by atoms with Crippen molar-refractivity contribution in [3.8, 4) is 5.75 Å². The van der Waals surface area contributed by atoms with E-state index in [0.717, 1.165) is 12.1 Å². The monoisotopic (exact) mass is 304 g/mol. The van der Waals surface area contributed by atoms with Crippen molar-refractivity contribution in [1.82, 2.24) is 10.4 Å². The van der Waals surface area contributed by atoms with E-state index in [1.54, 1.807) is 0 Å². The number of hydrogen-bond acceptors (Lipinski definition) is 4. The van der Waals surface area contributed by atoms with Crippen LogP contribution >= 0.6 is 11.6 Å². The maximum atomic E-state index is 13.0. The van der Waals surface area contributed by atoms with Crippen LogP contribution in [0.25, 0.3) is 0 Å². The van der Waals surface area contributed by atoms with E-state index in [4.69, 9.17) is 11.6 Å².